The fraction of sp³-hybridized carbons (Fsp3) is 0.250. The lowest BCUT2D eigenvalue weighted by atomic mass is 10.1. The average Bonchev–Trinajstić information content (AvgIpc) is 2.45. The van der Waals surface area contributed by atoms with E-state index in [9.17, 15) is 5.11 Å². The van der Waals surface area contributed by atoms with Crippen molar-refractivity contribution in [1.82, 2.24) is 5.32 Å². The van der Waals surface area contributed by atoms with Crippen LogP contribution in [0.5, 0.6) is 0 Å². The molecule has 2 N–H and O–H groups in total. The lowest BCUT2D eigenvalue weighted by molar-refractivity contribution is 0.175. The van der Waals surface area contributed by atoms with Crippen molar-refractivity contribution in [3.05, 3.63) is 71.8 Å². The van der Waals surface area contributed by atoms with E-state index in [-0.39, 0.29) is 0 Å². The Bertz CT molecular complexity index is 441. The first-order valence-electron chi connectivity index (χ1n) is 6.34. The maximum absolute atomic E-state index is 9.96. The van der Waals surface area contributed by atoms with Gasteiger partial charge < -0.3 is 10.4 Å². The van der Waals surface area contributed by atoms with Crippen LogP contribution in [0.3, 0.4) is 0 Å². The Morgan fingerprint density at radius 3 is 2.17 bits per heavy atom. The van der Waals surface area contributed by atoms with Gasteiger partial charge in [-0.25, -0.2) is 0 Å². The third kappa shape index (κ3) is 3.99. The van der Waals surface area contributed by atoms with Gasteiger partial charge in [0.2, 0.25) is 0 Å². The molecule has 0 amide bonds. The van der Waals surface area contributed by atoms with E-state index in [1.165, 1.54) is 5.56 Å². The van der Waals surface area contributed by atoms with Crippen LogP contribution in [0.4, 0.5) is 0 Å². The van der Waals surface area contributed by atoms with E-state index >= 15 is 0 Å². The van der Waals surface area contributed by atoms with E-state index in [1.807, 2.05) is 48.5 Å². The molecule has 0 radical (unpaired) electrons. The second kappa shape index (κ2) is 6.94. The number of nitrogens with one attached hydrogen (secondary N) is 1. The highest BCUT2D eigenvalue weighted by molar-refractivity contribution is 5.17. The number of rotatable bonds is 6. The van der Waals surface area contributed by atoms with Gasteiger partial charge in [0.15, 0.2) is 0 Å². The van der Waals surface area contributed by atoms with Crippen molar-refractivity contribution in [3.63, 3.8) is 0 Å². The summed E-state index contributed by atoms with van der Waals surface area (Å²) in [5, 5.41) is 13.2. The maximum atomic E-state index is 9.96. The van der Waals surface area contributed by atoms with Crippen molar-refractivity contribution < 1.29 is 5.11 Å². The molecular weight excluding hydrogens is 222 g/mol. The zero-order chi connectivity index (χ0) is 12.6. The molecule has 0 aliphatic rings. The van der Waals surface area contributed by atoms with Crippen LogP contribution in [0.1, 0.15) is 17.2 Å². The molecule has 2 nitrogen and oxygen atoms in total. The Labute approximate surface area is 108 Å². The Balaban J connectivity index is 1.70. The highest BCUT2D eigenvalue weighted by Gasteiger charge is 2.05. The molecule has 0 spiro atoms. The van der Waals surface area contributed by atoms with Crippen LogP contribution in [-0.4, -0.2) is 18.2 Å². The second-order valence-corrected chi connectivity index (χ2v) is 4.37. The first kappa shape index (κ1) is 12.8. The van der Waals surface area contributed by atoms with Crippen molar-refractivity contribution in [2.75, 3.05) is 13.1 Å². The van der Waals surface area contributed by atoms with Gasteiger partial charge in [0.25, 0.3) is 0 Å². The van der Waals surface area contributed by atoms with Crippen LogP contribution in [-0.2, 0) is 6.42 Å². The predicted octanol–water partition coefficient (Wildman–Crippen LogP) is 2.55. The molecule has 0 aliphatic heterocycles. The van der Waals surface area contributed by atoms with Crippen molar-refractivity contribution >= 4 is 0 Å². The van der Waals surface area contributed by atoms with Crippen molar-refractivity contribution in [2.24, 2.45) is 0 Å². The van der Waals surface area contributed by atoms with Crippen molar-refractivity contribution in [2.45, 2.75) is 12.5 Å². The molecular formula is C16H19NO. The van der Waals surface area contributed by atoms with E-state index in [2.05, 4.69) is 17.4 Å². The quantitative estimate of drug-likeness (QED) is 0.762. The molecule has 2 aromatic rings. The van der Waals surface area contributed by atoms with E-state index < -0.39 is 6.10 Å². The summed E-state index contributed by atoms with van der Waals surface area (Å²) in [5.41, 5.74) is 2.28. The first-order valence-corrected chi connectivity index (χ1v) is 6.34. The standard InChI is InChI=1S/C16H19NO/c18-16(15-9-5-2-6-10-15)13-17-12-11-14-7-3-1-4-8-14/h1-10,16-18H,11-13H2/t16-/m1/s1. The molecule has 2 rings (SSSR count). The topological polar surface area (TPSA) is 32.3 Å². The lowest BCUT2D eigenvalue weighted by Crippen LogP contribution is -2.23. The fourth-order valence-electron chi connectivity index (χ4n) is 1.91. The molecule has 2 aromatic carbocycles. The van der Waals surface area contributed by atoms with Crippen molar-refractivity contribution in [3.8, 4) is 0 Å². The average molecular weight is 241 g/mol. The van der Waals surface area contributed by atoms with Crippen LogP contribution in [0.2, 0.25) is 0 Å². The summed E-state index contributed by atoms with van der Waals surface area (Å²) in [4.78, 5) is 0. The van der Waals surface area contributed by atoms with E-state index in [1.54, 1.807) is 0 Å². The van der Waals surface area contributed by atoms with Crippen LogP contribution in [0.15, 0.2) is 60.7 Å². The van der Waals surface area contributed by atoms with E-state index in [0.29, 0.717) is 6.54 Å². The molecule has 0 heterocycles. The summed E-state index contributed by atoms with van der Waals surface area (Å²) < 4.78 is 0. The summed E-state index contributed by atoms with van der Waals surface area (Å²) >= 11 is 0. The van der Waals surface area contributed by atoms with Crippen LogP contribution in [0, 0.1) is 0 Å². The van der Waals surface area contributed by atoms with Gasteiger partial charge >= 0.3 is 0 Å². The number of aliphatic hydroxyl groups is 1. The van der Waals surface area contributed by atoms with Crippen molar-refractivity contribution in [1.29, 1.82) is 0 Å². The van der Waals surface area contributed by atoms with Gasteiger partial charge in [-0.1, -0.05) is 60.7 Å². The molecule has 94 valence electrons. The summed E-state index contributed by atoms with van der Waals surface area (Å²) in [6.45, 7) is 1.48. The zero-order valence-corrected chi connectivity index (χ0v) is 10.4. The molecule has 0 saturated heterocycles. The van der Waals surface area contributed by atoms with Gasteiger partial charge in [-0.2, -0.15) is 0 Å². The Morgan fingerprint density at radius 2 is 1.50 bits per heavy atom. The fourth-order valence-corrected chi connectivity index (χ4v) is 1.91. The largest absolute Gasteiger partial charge is 0.387 e. The minimum Gasteiger partial charge on any atom is -0.387 e. The van der Waals surface area contributed by atoms with Gasteiger partial charge in [-0.3, -0.25) is 0 Å². The van der Waals surface area contributed by atoms with E-state index in [0.717, 1.165) is 18.5 Å². The van der Waals surface area contributed by atoms with Crippen LogP contribution < -0.4 is 5.32 Å². The number of aliphatic hydroxyl groups excluding tert-OH is 1. The highest BCUT2D eigenvalue weighted by atomic mass is 16.3. The minimum atomic E-state index is -0.429. The van der Waals surface area contributed by atoms with E-state index in [4.69, 9.17) is 0 Å². The van der Waals surface area contributed by atoms with Gasteiger partial charge in [0.1, 0.15) is 0 Å². The number of benzene rings is 2. The number of hydrogen-bond acceptors (Lipinski definition) is 2. The van der Waals surface area contributed by atoms with Gasteiger partial charge in [-0.15, -0.1) is 0 Å². The molecule has 0 fully saturated rings. The Hall–Kier alpha value is -1.64. The molecule has 18 heavy (non-hydrogen) atoms. The van der Waals surface area contributed by atoms with Gasteiger partial charge in [0.05, 0.1) is 6.10 Å². The van der Waals surface area contributed by atoms with Gasteiger partial charge in [0, 0.05) is 6.54 Å². The molecule has 0 aliphatic carbocycles. The third-order valence-electron chi connectivity index (χ3n) is 2.96. The number of hydrogen-bond donors (Lipinski definition) is 2. The molecule has 0 unspecified atom stereocenters. The normalized spacial score (nSPS) is 12.3. The second-order valence-electron chi connectivity index (χ2n) is 4.37. The highest BCUT2D eigenvalue weighted by Crippen LogP contribution is 2.10. The van der Waals surface area contributed by atoms with Crippen LogP contribution in [0.25, 0.3) is 0 Å². The summed E-state index contributed by atoms with van der Waals surface area (Å²) in [6, 6.07) is 20.1. The Morgan fingerprint density at radius 1 is 0.889 bits per heavy atom. The molecule has 0 aromatic heterocycles. The van der Waals surface area contributed by atoms with Gasteiger partial charge in [-0.05, 0) is 24.1 Å². The summed E-state index contributed by atoms with van der Waals surface area (Å²) in [7, 11) is 0. The molecule has 0 bridgehead atoms. The van der Waals surface area contributed by atoms with Crippen LogP contribution >= 0.6 is 0 Å². The summed E-state index contributed by atoms with van der Waals surface area (Å²) in [6.07, 6.45) is 0.560. The molecule has 0 saturated carbocycles. The smallest absolute Gasteiger partial charge is 0.0914 e. The first-order chi connectivity index (χ1) is 8.86. The molecule has 2 heteroatoms. The monoisotopic (exact) mass is 241 g/mol. The maximum Gasteiger partial charge on any atom is 0.0914 e. The summed E-state index contributed by atoms with van der Waals surface area (Å²) in [5.74, 6) is 0. The minimum absolute atomic E-state index is 0.429. The Kier molecular flexibility index (Phi) is 4.94. The third-order valence-corrected chi connectivity index (χ3v) is 2.96. The molecule has 1 atom stereocenters. The zero-order valence-electron chi connectivity index (χ0n) is 10.4. The predicted molar refractivity (Wildman–Crippen MR) is 74.4 cm³/mol. The SMILES string of the molecule is O[C@H](CNCCc1ccccc1)c1ccccc1. The lowest BCUT2D eigenvalue weighted by Gasteiger charge is -2.12.